The molecular weight excluding hydrogens is 450 g/mol. The van der Waals surface area contributed by atoms with Gasteiger partial charge in [-0.25, -0.2) is 8.78 Å². The lowest BCUT2D eigenvalue weighted by atomic mass is 10.1. The number of rotatable bonds is 6. The molecule has 35 heavy (non-hydrogen) atoms. The number of halogens is 2. The second-order valence-corrected chi connectivity index (χ2v) is 8.76. The van der Waals surface area contributed by atoms with Crippen molar-refractivity contribution < 1.29 is 18.4 Å². The average Bonchev–Trinajstić information content (AvgIpc) is 2.95. The second kappa shape index (κ2) is 10.5. The minimum Gasteiger partial charge on any atom is -0.371 e. The van der Waals surface area contributed by atoms with Gasteiger partial charge in [-0.05, 0) is 48.9 Å². The summed E-state index contributed by atoms with van der Waals surface area (Å²) in [4.78, 5) is 29.6. The van der Waals surface area contributed by atoms with Crippen molar-refractivity contribution in [3.8, 4) is 0 Å². The Kier molecular flexibility index (Phi) is 7.29. The van der Waals surface area contributed by atoms with E-state index < -0.39 is 23.6 Å². The van der Waals surface area contributed by atoms with Crippen molar-refractivity contribution in [1.82, 2.24) is 10.6 Å². The van der Waals surface area contributed by atoms with E-state index in [0.29, 0.717) is 13.1 Å². The number of carbonyl (C=O) groups excluding carboxylic acids is 2. The summed E-state index contributed by atoms with van der Waals surface area (Å²) in [6.45, 7) is 2.71. The third-order valence-corrected chi connectivity index (χ3v) is 5.95. The lowest BCUT2D eigenvalue weighted by molar-refractivity contribution is -0.128. The van der Waals surface area contributed by atoms with E-state index in [2.05, 4.69) is 26.5 Å². The molecule has 0 aliphatic carbocycles. The Balaban J connectivity index is 1.44. The van der Waals surface area contributed by atoms with Crippen LogP contribution in [0.4, 0.5) is 25.8 Å². The molecular formula is C27H28F2N4O2. The van der Waals surface area contributed by atoms with Crippen LogP contribution in [0.25, 0.3) is 0 Å². The van der Waals surface area contributed by atoms with Crippen molar-refractivity contribution in [2.24, 2.45) is 0 Å². The van der Waals surface area contributed by atoms with Crippen LogP contribution in [0, 0.1) is 11.6 Å². The van der Waals surface area contributed by atoms with Crippen molar-refractivity contribution in [2.45, 2.75) is 25.4 Å². The Labute approximate surface area is 203 Å². The first-order valence-electron chi connectivity index (χ1n) is 11.5. The number of amides is 2. The summed E-state index contributed by atoms with van der Waals surface area (Å²) in [6, 6.07) is 20.0. The normalized spacial score (nSPS) is 16.2. The number of likely N-dealkylation sites (N-methyl/N-ethyl adjacent to an activating group) is 1. The summed E-state index contributed by atoms with van der Waals surface area (Å²) in [5.74, 6) is -2.32. The van der Waals surface area contributed by atoms with Gasteiger partial charge in [0, 0.05) is 31.9 Å². The topological polar surface area (TPSA) is 64.7 Å². The number of nitrogens with one attached hydrogen (secondary N) is 2. The van der Waals surface area contributed by atoms with Crippen molar-refractivity contribution >= 4 is 28.9 Å². The molecule has 0 fully saturated rings. The molecule has 8 heteroatoms. The van der Waals surface area contributed by atoms with Crippen LogP contribution in [-0.4, -0.2) is 44.0 Å². The first-order chi connectivity index (χ1) is 16.8. The smallest absolute Gasteiger partial charge is 0.242 e. The molecule has 1 aliphatic heterocycles. The van der Waals surface area contributed by atoms with Gasteiger partial charge in [0.05, 0.1) is 23.8 Å². The van der Waals surface area contributed by atoms with E-state index in [-0.39, 0.29) is 23.9 Å². The van der Waals surface area contributed by atoms with Gasteiger partial charge in [0.2, 0.25) is 11.8 Å². The fourth-order valence-corrected chi connectivity index (χ4v) is 4.35. The summed E-state index contributed by atoms with van der Waals surface area (Å²) < 4.78 is 26.8. The first-order valence-corrected chi connectivity index (χ1v) is 11.5. The zero-order chi connectivity index (χ0) is 24.9. The Morgan fingerprint density at radius 2 is 1.57 bits per heavy atom. The zero-order valence-corrected chi connectivity index (χ0v) is 19.7. The molecule has 1 aliphatic rings. The highest BCUT2D eigenvalue weighted by Gasteiger charge is 2.28. The van der Waals surface area contributed by atoms with Gasteiger partial charge < -0.3 is 20.4 Å². The molecule has 2 amide bonds. The molecule has 0 saturated carbocycles. The van der Waals surface area contributed by atoms with E-state index in [1.807, 2.05) is 55.6 Å². The summed E-state index contributed by atoms with van der Waals surface area (Å²) in [5.41, 5.74) is 3.31. The number of para-hydroxylation sites is 3. The van der Waals surface area contributed by atoms with E-state index in [0.717, 1.165) is 35.3 Å². The number of hydrogen-bond donors (Lipinski definition) is 2. The van der Waals surface area contributed by atoms with E-state index in [4.69, 9.17) is 0 Å². The zero-order valence-electron chi connectivity index (χ0n) is 19.7. The maximum Gasteiger partial charge on any atom is 0.242 e. The van der Waals surface area contributed by atoms with E-state index in [1.54, 1.807) is 6.92 Å². The summed E-state index contributed by atoms with van der Waals surface area (Å²) in [7, 11) is 1.98. The van der Waals surface area contributed by atoms with Gasteiger partial charge in [0.15, 0.2) is 0 Å². The maximum absolute atomic E-state index is 13.4. The Morgan fingerprint density at radius 1 is 0.943 bits per heavy atom. The second-order valence-electron chi connectivity index (χ2n) is 8.76. The van der Waals surface area contributed by atoms with Gasteiger partial charge in [-0.3, -0.25) is 9.59 Å². The van der Waals surface area contributed by atoms with Gasteiger partial charge >= 0.3 is 0 Å². The van der Waals surface area contributed by atoms with Crippen LogP contribution in [0.15, 0.2) is 72.8 Å². The highest BCUT2D eigenvalue weighted by atomic mass is 19.1. The van der Waals surface area contributed by atoms with Crippen LogP contribution in [0.2, 0.25) is 0 Å². The van der Waals surface area contributed by atoms with Gasteiger partial charge in [0.1, 0.15) is 17.7 Å². The van der Waals surface area contributed by atoms with Gasteiger partial charge in [-0.1, -0.05) is 30.3 Å². The highest BCUT2D eigenvalue weighted by Crippen LogP contribution is 2.36. The molecule has 182 valence electrons. The van der Waals surface area contributed by atoms with E-state index in [9.17, 15) is 18.4 Å². The van der Waals surface area contributed by atoms with Gasteiger partial charge in [-0.15, -0.1) is 0 Å². The third kappa shape index (κ3) is 5.95. The fourth-order valence-electron chi connectivity index (χ4n) is 4.35. The van der Waals surface area contributed by atoms with Gasteiger partial charge in [-0.2, -0.15) is 0 Å². The molecule has 3 aromatic rings. The SMILES string of the molecule is C[C@H](NC(=O)Cc1cc(F)cc(F)c1)C(=O)NC1CN(C)c2ccccc2N(c2ccccc2)C1. The minimum absolute atomic E-state index is 0.203. The van der Waals surface area contributed by atoms with Crippen molar-refractivity contribution in [1.29, 1.82) is 0 Å². The van der Waals surface area contributed by atoms with Gasteiger partial charge in [0.25, 0.3) is 0 Å². The first kappa shape index (κ1) is 24.2. The lowest BCUT2D eigenvalue weighted by Crippen LogP contribution is -2.53. The Morgan fingerprint density at radius 3 is 2.26 bits per heavy atom. The van der Waals surface area contributed by atoms with Crippen molar-refractivity contribution in [3.63, 3.8) is 0 Å². The molecule has 1 unspecified atom stereocenters. The number of nitrogens with zero attached hydrogens (tertiary/aromatic N) is 2. The van der Waals surface area contributed by atoms with E-state index in [1.165, 1.54) is 0 Å². The number of benzene rings is 3. The number of fused-ring (bicyclic) bond motifs is 1. The molecule has 0 bridgehead atoms. The average molecular weight is 479 g/mol. The molecule has 6 nitrogen and oxygen atoms in total. The summed E-state index contributed by atoms with van der Waals surface area (Å²) in [6.07, 6.45) is -0.227. The predicted molar refractivity (Wildman–Crippen MR) is 133 cm³/mol. The Hall–Kier alpha value is -3.94. The standard InChI is InChI=1S/C27H28F2N4O2/c1-18(30-26(34)14-19-12-20(28)15-21(29)13-19)27(35)31-22-16-32(2)24-10-6-7-11-25(24)33(17-22)23-8-4-3-5-9-23/h3-13,15,18,22H,14,16-17H2,1-2H3,(H,30,34)(H,31,35)/t18-,22?/m0/s1. The van der Waals surface area contributed by atoms with Crippen LogP contribution in [0.1, 0.15) is 12.5 Å². The number of anilines is 3. The van der Waals surface area contributed by atoms with Crippen LogP contribution in [-0.2, 0) is 16.0 Å². The molecule has 0 aromatic heterocycles. The summed E-state index contributed by atoms with van der Waals surface area (Å²) in [5, 5.41) is 5.67. The molecule has 1 heterocycles. The number of hydrogen-bond acceptors (Lipinski definition) is 4. The quantitative estimate of drug-likeness (QED) is 0.566. The van der Waals surface area contributed by atoms with E-state index >= 15 is 0 Å². The number of carbonyl (C=O) groups is 2. The molecule has 2 N–H and O–H groups in total. The van der Waals surface area contributed by atoms with Crippen LogP contribution >= 0.6 is 0 Å². The third-order valence-electron chi connectivity index (χ3n) is 5.95. The minimum atomic E-state index is -0.818. The summed E-state index contributed by atoms with van der Waals surface area (Å²) >= 11 is 0. The van der Waals surface area contributed by atoms with Crippen LogP contribution in [0.3, 0.4) is 0 Å². The molecule has 4 rings (SSSR count). The molecule has 2 atom stereocenters. The highest BCUT2D eigenvalue weighted by molar-refractivity contribution is 5.88. The Bertz CT molecular complexity index is 1180. The molecule has 0 radical (unpaired) electrons. The van der Waals surface area contributed by atoms with Crippen molar-refractivity contribution in [2.75, 3.05) is 29.9 Å². The molecule has 3 aromatic carbocycles. The van der Waals surface area contributed by atoms with Crippen LogP contribution in [0.5, 0.6) is 0 Å². The van der Waals surface area contributed by atoms with Crippen LogP contribution < -0.4 is 20.4 Å². The molecule has 0 spiro atoms. The predicted octanol–water partition coefficient (Wildman–Crippen LogP) is 3.78. The lowest BCUT2D eigenvalue weighted by Gasteiger charge is -2.28. The molecule has 0 saturated heterocycles. The van der Waals surface area contributed by atoms with Crippen molar-refractivity contribution in [3.05, 3.63) is 90.0 Å². The monoisotopic (exact) mass is 478 g/mol. The largest absolute Gasteiger partial charge is 0.371 e. The maximum atomic E-state index is 13.4. The fraction of sp³-hybridized carbons (Fsp3) is 0.259.